The average Bonchev–Trinajstić information content (AvgIpc) is 3.87. The molecular formula is C45H45N7O2RuS2. The van der Waals surface area contributed by atoms with Gasteiger partial charge in [0.25, 0.3) is 0 Å². The summed E-state index contributed by atoms with van der Waals surface area (Å²) in [5, 5.41) is 17.5. The Kier molecular flexibility index (Phi) is 18.6. The predicted octanol–water partition coefficient (Wildman–Crippen LogP) is 11.8. The van der Waals surface area contributed by atoms with E-state index in [-0.39, 0.29) is 25.0 Å². The summed E-state index contributed by atoms with van der Waals surface area (Å²) in [5.74, 6) is -0.270. The number of thiophene rings is 1. The normalized spacial score (nSPS) is 10.4. The zero-order valence-electron chi connectivity index (χ0n) is 32.1. The van der Waals surface area contributed by atoms with E-state index in [9.17, 15) is 4.79 Å². The van der Waals surface area contributed by atoms with Crippen molar-refractivity contribution in [1.29, 1.82) is 0 Å². The van der Waals surface area contributed by atoms with E-state index in [0.29, 0.717) is 17.2 Å². The second-order valence-electron chi connectivity index (χ2n) is 13.1. The van der Waals surface area contributed by atoms with Gasteiger partial charge in [-0.1, -0.05) is 101 Å². The van der Waals surface area contributed by atoms with Gasteiger partial charge in [0.15, 0.2) is 0 Å². The standard InChI is InChI=1S/C28H34N3S.C16H11N3O2.CNS.Ru/c1-3-5-7-9-13-21-19-23(14-10-8-6-4-2)32-27(21)22-17-18-29-26(20-22)28-30-24-15-11-12-16-25(24)31-28;20-16(21)11-7-9-18-15(10-11)14-6-3-5-13(19-14)12-4-1-2-8-17-12;2-1-3;/h11-12,15-20H,3-10,13-14H2,1-2H3;1-10H,(H,20,21);;/q-1;;-1;+2. The number of rotatable bonds is 15. The number of unbranched alkanes of at least 4 members (excludes halogenated alkanes) is 6. The van der Waals surface area contributed by atoms with Gasteiger partial charge in [-0.15, -0.1) is 11.3 Å². The fourth-order valence-corrected chi connectivity index (χ4v) is 7.41. The first-order valence-corrected chi connectivity index (χ1v) is 20.2. The maximum atomic E-state index is 11.0. The van der Waals surface area contributed by atoms with Crippen molar-refractivity contribution in [1.82, 2.24) is 29.9 Å². The van der Waals surface area contributed by atoms with Crippen LogP contribution in [-0.4, -0.2) is 41.2 Å². The van der Waals surface area contributed by atoms with E-state index in [1.807, 2.05) is 72.1 Å². The van der Waals surface area contributed by atoms with Crippen LogP contribution in [0.15, 0.2) is 110 Å². The number of carboxylic acids is 1. The average molecular weight is 881 g/mol. The Balaban J connectivity index is 0.000000249. The molecule has 1 N–H and O–H groups in total. The van der Waals surface area contributed by atoms with Gasteiger partial charge >= 0.3 is 25.4 Å². The summed E-state index contributed by atoms with van der Waals surface area (Å²) in [4.78, 5) is 40.9. The number of hydrogen-bond acceptors (Lipinski definition) is 8. The number of aryl methyl sites for hydroxylation is 2. The molecule has 0 aliphatic rings. The van der Waals surface area contributed by atoms with Crippen LogP contribution >= 0.6 is 23.6 Å². The quantitative estimate of drug-likeness (QED) is 0.0461. The number of aromatic nitrogens is 6. The molecule has 0 amide bonds. The summed E-state index contributed by atoms with van der Waals surface area (Å²) in [6, 6.07) is 28.9. The van der Waals surface area contributed by atoms with Crippen molar-refractivity contribution < 1.29 is 29.4 Å². The summed E-state index contributed by atoms with van der Waals surface area (Å²) < 4.78 is 0. The second kappa shape index (κ2) is 23.8. The second-order valence-corrected chi connectivity index (χ2v) is 14.4. The molecule has 0 saturated carbocycles. The minimum absolute atomic E-state index is 0. The van der Waals surface area contributed by atoms with Gasteiger partial charge < -0.3 is 20.5 Å². The van der Waals surface area contributed by atoms with Gasteiger partial charge in [-0.2, -0.15) is 5.16 Å². The number of benzene rings is 1. The van der Waals surface area contributed by atoms with Crippen LogP contribution in [0.2, 0.25) is 0 Å². The summed E-state index contributed by atoms with van der Waals surface area (Å²) in [5.41, 5.74) is 8.26. The number of carboxylic acid groups (broad SMARTS) is 1. The molecular weight excluding hydrogens is 836 g/mol. The number of carbonyl (C=O) groups is 1. The first-order chi connectivity index (χ1) is 27.4. The van der Waals surface area contributed by atoms with Gasteiger partial charge in [-0.05, 0) is 108 Å². The van der Waals surface area contributed by atoms with Crippen molar-refractivity contribution in [2.24, 2.45) is 0 Å². The van der Waals surface area contributed by atoms with Crippen molar-refractivity contribution in [3.8, 4) is 44.7 Å². The molecule has 57 heavy (non-hydrogen) atoms. The largest absolute Gasteiger partial charge is 2.00 e. The summed E-state index contributed by atoms with van der Waals surface area (Å²) >= 11 is 5.67. The van der Waals surface area contributed by atoms with Crippen LogP contribution in [0.4, 0.5) is 0 Å². The molecule has 0 atom stereocenters. The number of para-hydroxylation sites is 2. The van der Waals surface area contributed by atoms with Gasteiger partial charge in [0.2, 0.25) is 0 Å². The number of nitrogens with zero attached hydrogens (tertiary/aromatic N) is 7. The predicted molar refractivity (Wildman–Crippen MR) is 231 cm³/mol. The van der Waals surface area contributed by atoms with Crippen LogP contribution < -0.4 is 4.98 Å². The topological polar surface area (TPSA) is 138 Å². The van der Waals surface area contributed by atoms with Gasteiger partial charge in [-0.25, -0.2) is 9.78 Å². The summed E-state index contributed by atoms with van der Waals surface area (Å²) in [6.07, 6.45) is 17.9. The Morgan fingerprint density at radius 1 is 0.719 bits per heavy atom. The number of fused-ring (bicyclic) bond motifs is 1. The number of aromatic carboxylic acids is 1. The van der Waals surface area contributed by atoms with Gasteiger partial charge in [0.1, 0.15) is 0 Å². The Morgan fingerprint density at radius 2 is 1.37 bits per heavy atom. The zero-order chi connectivity index (χ0) is 39.5. The SMILES string of the molecule is CCCCCCc1cc(CCCCCC)c(-c2ccnc(-c3nc4ccccc4[n-]3)c2)s1.O=C(O)c1ccnc(-c2cccc(-c3ccccn3)n2)c1.[N-]=C=S.[Ru+2]. The smallest absolute Gasteiger partial charge is 0.753 e. The van der Waals surface area contributed by atoms with E-state index in [1.54, 1.807) is 12.3 Å². The van der Waals surface area contributed by atoms with Gasteiger partial charge in [0.05, 0.1) is 34.0 Å². The third-order valence-corrected chi connectivity index (χ3v) is 10.3. The van der Waals surface area contributed by atoms with Crippen LogP contribution in [0.5, 0.6) is 0 Å². The molecule has 6 aromatic heterocycles. The van der Waals surface area contributed by atoms with Gasteiger partial charge in [-0.3, -0.25) is 15.0 Å². The third-order valence-electron chi connectivity index (χ3n) is 8.97. The molecule has 0 radical (unpaired) electrons. The molecule has 7 rings (SSSR count). The first-order valence-electron chi connectivity index (χ1n) is 19.0. The molecule has 0 bridgehead atoms. The molecule has 0 spiro atoms. The third kappa shape index (κ3) is 13.2. The van der Waals surface area contributed by atoms with Gasteiger partial charge in [0, 0.05) is 28.3 Å². The Labute approximate surface area is 356 Å². The Bertz CT molecular complexity index is 2310. The number of thiocarbonyl (C=S) groups is 1. The van der Waals surface area contributed by atoms with Crippen LogP contribution in [0.25, 0.3) is 61.2 Å². The summed E-state index contributed by atoms with van der Waals surface area (Å²) in [7, 11) is 0. The minimum Gasteiger partial charge on any atom is -0.753 e. The maximum absolute atomic E-state index is 11.0. The van der Waals surface area contributed by atoms with E-state index in [1.165, 1.54) is 102 Å². The molecule has 292 valence electrons. The molecule has 0 fully saturated rings. The fourth-order valence-electron chi connectivity index (χ4n) is 6.16. The number of isothiocyanates is 1. The van der Waals surface area contributed by atoms with Crippen molar-refractivity contribution in [2.75, 3.05) is 0 Å². The van der Waals surface area contributed by atoms with Crippen molar-refractivity contribution >= 4 is 45.7 Å². The van der Waals surface area contributed by atoms with E-state index >= 15 is 0 Å². The van der Waals surface area contributed by atoms with E-state index in [2.05, 4.69) is 64.2 Å². The number of hydrogen-bond donors (Lipinski definition) is 1. The van der Waals surface area contributed by atoms with E-state index in [0.717, 1.165) is 34.5 Å². The minimum atomic E-state index is -0.987. The Hall–Kier alpha value is -5.12. The van der Waals surface area contributed by atoms with Crippen LogP contribution in [-0.2, 0) is 32.3 Å². The number of pyridine rings is 4. The molecule has 0 aliphatic carbocycles. The number of imidazole rings is 1. The van der Waals surface area contributed by atoms with Crippen LogP contribution in [0.3, 0.4) is 0 Å². The molecule has 12 heteroatoms. The molecule has 7 aromatic rings. The first kappa shape index (κ1) is 44.6. The van der Waals surface area contributed by atoms with Crippen molar-refractivity contribution in [3.63, 3.8) is 0 Å². The van der Waals surface area contributed by atoms with E-state index in [4.69, 9.17) is 20.5 Å². The van der Waals surface area contributed by atoms with Crippen LogP contribution in [0, 0.1) is 0 Å². The molecule has 0 saturated heterocycles. The Morgan fingerprint density at radius 3 is 2.07 bits per heavy atom. The molecule has 1 aromatic carbocycles. The molecule has 9 nitrogen and oxygen atoms in total. The van der Waals surface area contributed by atoms with E-state index < -0.39 is 5.97 Å². The fraction of sp³-hybridized carbons (Fsp3) is 0.267. The maximum Gasteiger partial charge on any atom is 2.00 e. The molecule has 6 heterocycles. The summed E-state index contributed by atoms with van der Waals surface area (Å²) in [6.45, 7) is 4.55. The molecule has 0 unspecified atom stereocenters. The van der Waals surface area contributed by atoms with Crippen molar-refractivity contribution in [2.45, 2.75) is 78.1 Å². The molecule has 0 aliphatic heterocycles. The van der Waals surface area contributed by atoms with Crippen LogP contribution in [0.1, 0.15) is 86.0 Å². The monoisotopic (exact) mass is 881 g/mol. The zero-order valence-corrected chi connectivity index (χ0v) is 35.5. The van der Waals surface area contributed by atoms with Crippen molar-refractivity contribution in [3.05, 3.63) is 131 Å².